The Morgan fingerprint density at radius 3 is 2.77 bits per heavy atom. The van der Waals surface area contributed by atoms with Gasteiger partial charge in [0.2, 0.25) is 0 Å². The van der Waals surface area contributed by atoms with Crippen LogP contribution in [-0.4, -0.2) is 29.6 Å². The third kappa shape index (κ3) is 2.82. The van der Waals surface area contributed by atoms with Crippen LogP contribution in [0.2, 0.25) is 0 Å². The highest BCUT2D eigenvalue weighted by molar-refractivity contribution is 5.77. The Bertz CT molecular complexity index is 540. The van der Waals surface area contributed by atoms with Crippen LogP contribution in [0.5, 0.6) is 0 Å². The summed E-state index contributed by atoms with van der Waals surface area (Å²) in [4.78, 5) is 15.0. The number of carbonyl (C=O) groups is 1. The zero-order chi connectivity index (χ0) is 15.5. The smallest absolute Gasteiger partial charge is 0.323 e. The number of fused-ring (bicyclic) bond motifs is 3. The van der Waals surface area contributed by atoms with Crippen LogP contribution in [0.25, 0.3) is 0 Å². The van der Waals surface area contributed by atoms with Crippen LogP contribution >= 0.6 is 0 Å². The van der Waals surface area contributed by atoms with Crippen LogP contribution in [0.15, 0.2) is 42.5 Å². The summed E-state index contributed by atoms with van der Waals surface area (Å²) >= 11 is 0. The van der Waals surface area contributed by atoms with E-state index in [0.29, 0.717) is 12.6 Å². The van der Waals surface area contributed by atoms with Crippen LogP contribution in [-0.2, 0) is 9.53 Å². The molecule has 4 rings (SSSR count). The minimum absolute atomic E-state index is 0.0634. The summed E-state index contributed by atoms with van der Waals surface area (Å²) < 4.78 is 5.39. The summed E-state index contributed by atoms with van der Waals surface area (Å²) in [5, 5.41) is 0. The highest BCUT2D eigenvalue weighted by Crippen LogP contribution is 2.39. The molecule has 22 heavy (non-hydrogen) atoms. The predicted octanol–water partition coefficient (Wildman–Crippen LogP) is 3.72. The summed E-state index contributed by atoms with van der Waals surface area (Å²) in [5.41, 5.74) is 1.26. The first-order valence-electron chi connectivity index (χ1n) is 8.39. The fraction of sp³-hybridized carbons (Fsp3) is 0.526. The molecule has 0 amide bonds. The van der Waals surface area contributed by atoms with E-state index in [9.17, 15) is 4.79 Å². The molecule has 1 aromatic rings. The Kier molecular flexibility index (Phi) is 4.63. The van der Waals surface area contributed by atoms with Crippen LogP contribution in [0, 0.1) is 5.92 Å². The number of hydrogen-bond acceptors (Lipinski definition) is 3. The average Bonchev–Trinajstić information content (AvgIpc) is 2.89. The fourth-order valence-corrected chi connectivity index (χ4v) is 3.92. The van der Waals surface area contributed by atoms with E-state index < -0.39 is 0 Å². The van der Waals surface area contributed by atoms with Gasteiger partial charge in [-0.05, 0) is 32.3 Å². The lowest BCUT2D eigenvalue weighted by atomic mass is 9.89. The first-order valence-corrected chi connectivity index (χ1v) is 8.39. The molecule has 0 N–H and O–H groups in total. The van der Waals surface area contributed by atoms with E-state index in [4.69, 9.17) is 4.74 Å². The van der Waals surface area contributed by atoms with E-state index >= 15 is 0 Å². The number of ether oxygens (including phenoxy) is 1. The van der Waals surface area contributed by atoms with E-state index in [1.54, 1.807) is 0 Å². The maximum absolute atomic E-state index is 12.6. The van der Waals surface area contributed by atoms with Crippen molar-refractivity contribution >= 4 is 5.97 Å². The highest BCUT2D eigenvalue weighted by atomic mass is 16.5. The zero-order valence-electron chi connectivity index (χ0n) is 13.4. The molecule has 3 heteroatoms. The molecule has 1 aromatic carbocycles. The van der Waals surface area contributed by atoms with Crippen molar-refractivity contribution < 1.29 is 9.53 Å². The van der Waals surface area contributed by atoms with Gasteiger partial charge in [0.1, 0.15) is 6.04 Å². The molecule has 0 radical (unpaired) electrons. The van der Waals surface area contributed by atoms with Gasteiger partial charge < -0.3 is 4.74 Å². The van der Waals surface area contributed by atoms with E-state index in [2.05, 4.69) is 48.2 Å². The second kappa shape index (κ2) is 6.66. The average molecular weight is 299 g/mol. The van der Waals surface area contributed by atoms with Crippen LogP contribution < -0.4 is 0 Å². The Hall–Kier alpha value is -1.61. The van der Waals surface area contributed by atoms with E-state index in [1.807, 2.05) is 13.0 Å². The van der Waals surface area contributed by atoms with Gasteiger partial charge in [0.05, 0.1) is 6.61 Å². The lowest BCUT2D eigenvalue weighted by molar-refractivity contribution is -0.153. The monoisotopic (exact) mass is 299 g/mol. The quantitative estimate of drug-likeness (QED) is 0.627. The van der Waals surface area contributed by atoms with Gasteiger partial charge >= 0.3 is 5.97 Å². The van der Waals surface area contributed by atoms with Gasteiger partial charge in [0, 0.05) is 18.0 Å². The SMILES string of the molecule is CCOC(=O)C1C2C=CC(CCC2)N1C(C)c1ccccc1. The Morgan fingerprint density at radius 1 is 1.27 bits per heavy atom. The molecule has 4 atom stereocenters. The predicted molar refractivity (Wildman–Crippen MR) is 87.4 cm³/mol. The standard InChI is InChI=1S/C19H25NO2/c1-3-22-19(21)18-16-10-7-11-17(13-12-16)20(18)14(2)15-8-5-4-6-9-15/h4-6,8-9,12-14,16-18H,3,7,10-11H2,1-2H3. The molecule has 4 unspecified atom stereocenters. The van der Waals surface area contributed by atoms with E-state index in [1.165, 1.54) is 12.0 Å². The highest BCUT2D eigenvalue weighted by Gasteiger charge is 2.43. The number of rotatable bonds is 4. The van der Waals surface area contributed by atoms with Crippen LogP contribution in [0.1, 0.15) is 44.7 Å². The van der Waals surface area contributed by atoms with Gasteiger partial charge in [-0.15, -0.1) is 0 Å². The van der Waals surface area contributed by atoms with Crippen molar-refractivity contribution in [3.63, 3.8) is 0 Å². The van der Waals surface area contributed by atoms with Crippen molar-refractivity contribution in [2.45, 2.75) is 51.2 Å². The van der Waals surface area contributed by atoms with Crippen molar-refractivity contribution in [2.75, 3.05) is 6.61 Å². The van der Waals surface area contributed by atoms with Gasteiger partial charge in [-0.25, -0.2) is 0 Å². The molecule has 1 aliphatic carbocycles. The van der Waals surface area contributed by atoms with Gasteiger partial charge in [0.25, 0.3) is 0 Å². The van der Waals surface area contributed by atoms with Gasteiger partial charge in [0.15, 0.2) is 0 Å². The van der Waals surface area contributed by atoms with Crippen molar-refractivity contribution in [3.05, 3.63) is 48.0 Å². The maximum atomic E-state index is 12.6. The van der Waals surface area contributed by atoms with Crippen molar-refractivity contribution in [1.29, 1.82) is 0 Å². The Morgan fingerprint density at radius 2 is 2.05 bits per heavy atom. The van der Waals surface area contributed by atoms with Crippen LogP contribution in [0.4, 0.5) is 0 Å². The van der Waals surface area contributed by atoms with E-state index in [0.717, 1.165) is 12.8 Å². The molecule has 3 nitrogen and oxygen atoms in total. The molecular weight excluding hydrogens is 274 g/mol. The lowest BCUT2D eigenvalue weighted by Gasteiger charge is -2.43. The van der Waals surface area contributed by atoms with Gasteiger partial charge in [-0.3, -0.25) is 9.69 Å². The maximum Gasteiger partial charge on any atom is 0.323 e. The topological polar surface area (TPSA) is 29.5 Å². The first kappa shape index (κ1) is 15.3. The molecule has 0 aromatic heterocycles. The summed E-state index contributed by atoms with van der Waals surface area (Å²) in [6.07, 6.45) is 7.92. The molecule has 1 saturated heterocycles. The summed E-state index contributed by atoms with van der Waals surface area (Å²) in [7, 11) is 0. The molecule has 2 heterocycles. The molecule has 0 spiro atoms. The van der Waals surface area contributed by atoms with E-state index in [-0.39, 0.29) is 24.0 Å². The van der Waals surface area contributed by atoms with Crippen molar-refractivity contribution in [3.8, 4) is 0 Å². The third-order valence-electron chi connectivity index (χ3n) is 4.98. The fourth-order valence-electron chi connectivity index (χ4n) is 3.92. The molecule has 118 valence electrons. The number of nitrogens with zero attached hydrogens (tertiary/aromatic N) is 1. The largest absolute Gasteiger partial charge is 0.465 e. The normalized spacial score (nSPS) is 29.1. The summed E-state index contributed by atoms with van der Waals surface area (Å²) in [6, 6.07) is 10.9. The Balaban J connectivity index is 1.94. The first-order chi connectivity index (χ1) is 10.7. The molecule has 1 fully saturated rings. The number of hydrogen-bond donors (Lipinski definition) is 0. The summed E-state index contributed by atoms with van der Waals surface area (Å²) in [5.74, 6) is 0.218. The second-order valence-electron chi connectivity index (χ2n) is 6.28. The van der Waals surface area contributed by atoms with Crippen molar-refractivity contribution in [1.82, 2.24) is 4.90 Å². The van der Waals surface area contributed by atoms with Crippen LogP contribution in [0.3, 0.4) is 0 Å². The number of esters is 1. The zero-order valence-corrected chi connectivity index (χ0v) is 13.4. The molecule has 3 aliphatic rings. The molecule has 2 aliphatic heterocycles. The third-order valence-corrected chi connectivity index (χ3v) is 4.98. The Labute approximate surface area is 133 Å². The van der Waals surface area contributed by atoms with Crippen molar-refractivity contribution in [2.24, 2.45) is 5.92 Å². The number of benzene rings is 1. The summed E-state index contributed by atoms with van der Waals surface area (Å²) in [6.45, 7) is 4.54. The second-order valence-corrected chi connectivity index (χ2v) is 6.28. The molecule has 0 saturated carbocycles. The lowest BCUT2D eigenvalue weighted by Crippen LogP contribution is -2.52. The molecular formula is C19H25NO2. The van der Waals surface area contributed by atoms with Gasteiger partial charge in [-0.2, -0.15) is 0 Å². The minimum atomic E-state index is -0.146. The van der Waals surface area contributed by atoms with Gasteiger partial charge in [-0.1, -0.05) is 48.9 Å². The molecule has 2 bridgehead atoms. The number of carbonyl (C=O) groups excluding carboxylic acids is 1. The minimum Gasteiger partial charge on any atom is -0.465 e.